The molecular weight excluding hydrogens is 443 g/mol. The molecule has 3 heterocycles. The van der Waals surface area contributed by atoms with Crippen LogP contribution in [0.3, 0.4) is 0 Å². The minimum Gasteiger partial charge on any atom is -0.424 e. The maximum atomic E-state index is 14.5. The number of aromatic nitrogens is 2. The minimum absolute atomic E-state index is 0.172. The number of nitrogens with zero attached hydrogens (tertiary/aromatic N) is 3. The van der Waals surface area contributed by atoms with E-state index in [0.29, 0.717) is 18.2 Å². The molecule has 3 aromatic rings. The third kappa shape index (κ3) is 2.99. The molecule has 0 amide bonds. The molecule has 1 aromatic heterocycles. The summed E-state index contributed by atoms with van der Waals surface area (Å²) in [6.45, 7) is 6.55. The summed E-state index contributed by atoms with van der Waals surface area (Å²) in [6.07, 6.45) is 2.81. The monoisotopic (exact) mass is 470 g/mol. The first kappa shape index (κ1) is 20.7. The average Bonchev–Trinajstić information content (AvgIpc) is 3.37. The van der Waals surface area contributed by atoms with E-state index in [1.165, 1.54) is 11.6 Å². The zero-order valence-electron chi connectivity index (χ0n) is 19.6. The van der Waals surface area contributed by atoms with Crippen LogP contribution < -0.4 is 26.0 Å². The van der Waals surface area contributed by atoms with Crippen molar-refractivity contribution in [1.82, 2.24) is 15.3 Å². The number of ether oxygens (including phenoxy) is 1. The molecule has 2 aliphatic carbocycles. The lowest BCUT2D eigenvalue weighted by molar-refractivity contribution is 0.0558. The van der Waals surface area contributed by atoms with Crippen LogP contribution >= 0.6 is 0 Å². The fourth-order valence-corrected chi connectivity index (χ4v) is 6.02. The number of halogens is 1. The molecule has 1 atom stereocenters. The summed E-state index contributed by atoms with van der Waals surface area (Å²) < 4.78 is 20.7. The molecule has 0 bridgehead atoms. The van der Waals surface area contributed by atoms with Crippen molar-refractivity contribution in [3.63, 3.8) is 0 Å². The second-order valence-electron chi connectivity index (χ2n) is 10.2. The number of anilines is 2. The molecule has 178 valence electrons. The first-order valence-corrected chi connectivity index (χ1v) is 12.1. The molecule has 1 saturated heterocycles. The van der Waals surface area contributed by atoms with Gasteiger partial charge in [-0.3, -0.25) is 0 Å². The predicted octanol–water partition coefficient (Wildman–Crippen LogP) is 4.02. The summed E-state index contributed by atoms with van der Waals surface area (Å²) in [6, 6.07) is 9.62. The Morgan fingerprint density at radius 1 is 1.23 bits per heavy atom. The number of hydrogen-bond acceptors (Lipinski definition) is 7. The van der Waals surface area contributed by atoms with E-state index in [-0.39, 0.29) is 17.3 Å². The maximum absolute atomic E-state index is 14.5. The van der Waals surface area contributed by atoms with Gasteiger partial charge in [0.25, 0.3) is 0 Å². The van der Waals surface area contributed by atoms with Crippen LogP contribution in [0, 0.1) is 11.2 Å². The Labute approximate surface area is 203 Å². The van der Waals surface area contributed by atoms with Crippen LogP contribution in [-0.2, 0) is 13.0 Å². The van der Waals surface area contributed by atoms with Gasteiger partial charge in [-0.2, -0.15) is 9.97 Å². The smallest absolute Gasteiger partial charge is 0.324 e. The van der Waals surface area contributed by atoms with Gasteiger partial charge < -0.3 is 26.0 Å². The number of rotatable bonds is 4. The number of benzene rings is 2. The third-order valence-electron chi connectivity index (χ3n) is 8.20. The molecule has 0 radical (unpaired) electrons. The van der Waals surface area contributed by atoms with Crippen molar-refractivity contribution >= 4 is 17.2 Å². The summed E-state index contributed by atoms with van der Waals surface area (Å²) in [5, 5.41) is 6.40. The summed E-state index contributed by atoms with van der Waals surface area (Å²) in [5.41, 5.74) is 14.1. The molecule has 7 rings (SSSR count). The molecule has 4 N–H and O–H groups in total. The Balaban J connectivity index is 1.30. The topological polar surface area (TPSA) is 88.3 Å². The van der Waals surface area contributed by atoms with Gasteiger partial charge in [0, 0.05) is 67.1 Å². The molecule has 1 spiro atoms. The Morgan fingerprint density at radius 2 is 2.09 bits per heavy atom. The highest BCUT2D eigenvalue weighted by molar-refractivity contribution is 5.88. The van der Waals surface area contributed by atoms with Crippen molar-refractivity contribution < 1.29 is 9.13 Å². The van der Waals surface area contributed by atoms with Gasteiger partial charge in [-0.05, 0) is 53.8 Å². The Hall–Kier alpha value is -3.65. The van der Waals surface area contributed by atoms with Gasteiger partial charge in [0.05, 0.1) is 5.69 Å². The lowest BCUT2D eigenvalue weighted by atomic mass is 9.60. The van der Waals surface area contributed by atoms with Crippen LogP contribution in [-0.4, -0.2) is 36.1 Å². The predicted molar refractivity (Wildman–Crippen MR) is 134 cm³/mol. The van der Waals surface area contributed by atoms with E-state index in [1.54, 1.807) is 6.07 Å². The van der Waals surface area contributed by atoms with Crippen molar-refractivity contribution in [3.05, 3.63) is 65.1 Å². The van der Waals surface area contributed by atoms with Gasteiger partial charge in [-0.1, -0.05) is 12.6 Å². The Kier molecular flexibility index (Phi) is 4.25. The van der Waals surface area contributed by atoms with Crippen molar-refractivity contribution in [3.8, 4) is 22.9 Å². The van der Waals surface area contributed by atoms with E-state index in [0.717, 1.165) is 77.6 Å². The second kappa shape index (κ2) is 7.18. The number of hydrogen-bond donors (Lipinski definition) is 3. The van der Waals surface area contributed by atoms with E-state index in [9.17, 15) is 4.39 Å². The molecule has 35 heavy (non-hydrogen) atoms. The second-order valence-corrected chi connectivity index (χ2v) is 10.2. The molecule has 2 aliphatic heterocycles. The maximum Gasteiger partial charge on any atom is 0.324 e. The highest BCUT2D eigenvalue weighted by Crippen LogP contribution is 2.52. The molecule has 2 aromatic carbocycles. The van der Waals surface area contributed by atoms with Gasteiger partial charge in [0.2, 0.25) is 0 Å². The highest BCUT2D eigenvalue weighted by atomic mass is 19.1. The molecule has 8 heteroatoms. The van der Waals surface area contributed by atoms with Crippen LogP contribution in [0.1, 0.15) is 35.2 Å². The molecule has 1 unspecified atom stereocenters. The van der Waals surface area contributed by atoms with Crippen LogP contribution in [0.15, 0.2) is 36.9 Å². The van der Waals surface area contributed by atoms with E-state index in [2.05, 4.69) is 22.1 Å². The number of fused-ring (bicyclic) bond motifs is 4. The lowest BCUT2D eigenvalue weighted by Gasteiger charge is -2.60. The third-order valence-corrected chi connectivity index (χ3v) is 8.20. The Bertz CT molecular complexity index is 1410. The van der Waals surface area contributed by atoms with Crippen LogP contribution in [0.2, 0.25) is 0 Å². The van der Waals surface area contributed by atoms with Crippen molar-refractivity contribution in [2.24, 2.45) is 11.1 Å². The summed E-state index contributed by atoms with van der Waals surface area (Å²) >= 11 is 0. The van der Waals surface area contributed by atoms with E-state index in [1.807, 2.05) is 25.2 Å². The summed E-state index contributed by atoms with van der Waals surface area (Å²) in [7, 11) is 1.81. The molecule has 1 saturated carbocycles. The molecule has 4 aliphatic rings. The molecular formula is C27H27FN6O. The van der Waals surface area contributed by atoms with Crippen molar-refractivity contribution in [1.29, 1.82) is 0 Å². The van der Waals surface area contributed by atoms with Gasteiger partial charge in [0.15, 0.2) is 0 Å². The molecule has 2 fully saturated rings. The number of nitrogens with one attached hydrogen (secondary N) is 2. The van der Waals surface area contributed by atoms with Crippen LogP contribution in [0.4, 0.5) is 15.9 Å². The van der Waals surface area contributed by atoms with Gasteiger partial charge >= 0.3 is 6.01 Å². The lowest BCUT2D eigenvalue weighted by Crippen LogP contribution is -2.69. The first-order valence-electron chi connectivity index (χ1n) is 12.1. The van der Waals surface area contributed by atoms with Crippen molar-refractivity contribution in [2.75, 3.05) is 30.4 Å². The fourth-order valence-electron chi connectivity index (χ4n) is 6.02. The SMILES string of the molecule is C=C1NCc2ccc(Oc3nc4c(c(N5CC6(CCC6N)C5)n3)-c3cc(F)cc(NC)c3C4)cc21. The summed E-state index contributed by atoms with van der Waals surface area (Å²) in [4.78, 5) is 11.9. The quantitative estimate of drug-likeness (QED) is 0.415. The zero-order chi connectivity index (χ0) is 23.9. The van der Waals surface area contributed by atoms with Gasteiger partial charge in [0.1, 0.15) is 17.4 Å². The minimum atomic E-state index is -0.277. The van der Waals surface area contributed by atoms with Gasteiger partial charge in [-0.25, -0.2) is 4.39 Å². The van der Waals surface area contributed by atoms with Crippen LogP contribution in [0.25, 0.3) is 16.8 Å². The van der Waals surface area contributed by atoms with E-state index >= 15 is 0 Å². The molecule has 7 nitrogen and oxygen atoms in total. The van der Waals surface area contributed by atoms with E-state index < -0.39 is 0 Å². The summed E-state index contributed by atoms with van der Waals surface area (Å²) in [5.74, 6) is 1.19. The van der Waals surface area contributed by atoms with Crippen molar-refractivity contribution in [2.45, 2.75) is 31.8 Å². The zero-order valence-corrected chi connectivity index (χ0v) is 19.6. The number of nitrogens with two attached hydrogens (primary N) is 1. The average molecular weight is 471 g/mol. The van der Waals surface area contributed by atoms with E-state index in [4.69, 9.17) is 20.4 Å². The fraction of sp³-hybridized carbons (Fsp3) is 0.333. The van der Waals surface area contributed by atoms with Crippen LogP contribution in [0.5, 0.6) is 11.8 Å². The largest absolute Gasteiger partial charge is 0.424 e. The van der Waals surface area contributed by atoms with Gasteiger partial charge in [-0.15, -0.1) is 0 Å². The normalized spacial score (nSPS) is 20.5. The Morgan fingerprint density at radius 3 is 2.83 bits per heavy atom. The standard InChI is InChI=1S/C27H27FN6O/c1-14-18-9-17(4-3-15(18)11-31-14)35-26-32-22-10-19-20(7-16(28)8-21(19)30-2)24(22)25(33-26)34-12-27(13-34)6-5-23(27)29/h3-4,7-9,23,30-31H,1,5-6,10-13,29H2,2H3. The first-order chi connectivity index (χ1) is 16.9. The highest BCUT2D eigenvalue weighted by Gasteiger charge is 2.54.